The Hall–Kier alpha value is -1.13. The Kier molecular flexibility index (Phi) is 4.59. The molecule has 0 aliphatic rings. The lowest BCUT2D eigenvalue weighted by atomic mass is 10.3. The van der Waals surface area contributed by atoms with Crippen LogP contribution in [0.2, 0.25) is 0 Å². The summed E-state index contributed by atoms with van der Waals surface area (Å²) >= 11 is 2.07. The van der Waals surface area contributed by atoms with Gasteiger partial charge >= 0.3 is 0 Å². The zero-order chi connectivity index (χ0) is 15.7. The molecule has 0 saturated heterocycles. The predicted octanol–water partition coefficient (Wildman–Crippen LogP) is 2.50. The fourth-order valence-corrected chi connectivity index (χ4v) is 4.02. The Morgan fingerprint density at radius 2 is 1.52 bits per heavy atom. The highest BCUT2D eigenvalue weighted by Crippen LogP contribution is 2.20. The Morgan fingerprint density at radius 1 is 0.905 bits per heavy atom. The molecule has 0 aromatic heterocycles. The van der Waals surface area contributed by atoms with E-state index in [1.807, 2.05) is 6.07 Å². The third-order valence-electron chi connectivity index (χ3n) is 2.62. The molecular formula is C13H12INO4S2. The van der Waals surface area contributed by atoms with E-state index in [1.165, 1.54) is 18.2 Å². The van der Waals surface area contributed by atoms with Gasteiger partial charge in [0.05, 0.1) is 9.79 Å². The molecule has 0 heterocycles. The van der Waals surface area contributed by atoms with Crippen LogP contribution in [0, 0.1) is 3.57 Å². The number of nitrogens with one attached hydrogen (secondary N) is 1. The van der Waals surface area contributed by atoms with Crippen LogP contribution in [0.1, 0.15) is 0 Å². The zero-order valence-electron chi connectivity index (χ0n) is 10.9. The SMILES string of the molecule is CS(=O)(=O)c1cccc(S(=O)(=O)Nc2cccc(I)c2)c1. The molecule has 112 valence electrons. The van der Waals surface area contributed by atoms with Crippen LogP contribution in [0.5, 0.6) is 0 Å². The number of halogens is 1. The minimum atomic E-state index is -3.83. The van der Waals surface area contributed by atoms with E-state index in [0.717, 1.165) is 15.9 Å². The van der Waals surface area contributed by atoms with Crippen molar-refractivity contribution in [3.63, 3.8) is 0 Å². The predicted molar refractivity (Wildman–Crippen MR) is 89.5 cm³/mol. The van der Waals surface area contributed by atoms with Gasteiger partial charge in [0.2, 0.25) is 0 Å². The Morgan fingerprint density at radius 3 is 2.14 bits per heavy atom. The number of anilines is 1. The van der Waals surface area contributed by atoms with Gasteiger partial charge < -0.3 is 0 Å². The summed E-state index contributed by atoms with van der Waals surface area (Å²) in [6, 6.07) is 12.1. The lowest BCUT2D eigenvalue weighted by Gasteiger charge is -2.09. The van der Waals surface area contributed by atoms with E-state index in [9.17, 15) is 16.8 Å². The second-order valence-corrected chi connectivity index (χ2v) is 9.31. The van der Waals surface area contributed by atoms with Gasteiger partial charge in [-0.25, -0.2) is 16.8 Å². The molecule has 2 aromatic carbocycles. The van der Waals surface area contributed by atoms with Gasteiger partial charge in [0.15, 0.2) is 9.84 Å². The number of benzene rings is 2. The lowest BCUT2D eigenvalue weighted by molar-refractivity contribution is 0.599. The highest BCUT2D eigenvalue weighted by molar-refractivity contribution is 14.1. The summed E-state index contributed by atoms with van der Waals surface area (Å²) in [5, 5.41) is 0. The molecule has 21 heavy (non-hydrogen) atoms. The van der Waals surface area contributed by atoms with Crippen LogP contribution in [0.15, 0.2) is 58.3 Å². The minimum Gasteiger partial charge on any atom is -0.280 e. The first-order valence-electron chi connectivity index (χ1n) is 5.77. The zero-order valence-corrected chi connectivity index (χ0v) is 14.7. The van der Waals surface area contributed by atoms with Crippen LogP contribution in [0.4, 0.5) is 5.69 Å². The van der Waals surface area contributed by atoms with E-state index in [1.54, 1.807) is 18.2 Å². The smallest absolute Gasteiger partial charge is 0.261 e. The normalized spacial score (nSPS) is 12.1. The summed E-state index contributed by atoms with van der Waals surface area (Å²) in [5.41, 5.74) is 0.423. The van der Waals surface area contributed by atoms with Gasteiger partial charge in [-0.3, -0.25) is 4.72 Å². The molecule has 0 aliphatic heterocycles. The standard InChI is InChI=1S/C13H12INO4S2/c1-20(16,17)12-6-3-7-13(9-12)21(18,19)15-11-5-2-4-10(14)8-11/h2-9,15H,1H3. The number of sulfone groups is 1. The molecule has 2 rings (SSSR count). The van der Waals surface area contributed by atoms with Crippen molar-refractivity contribution in [3.8, 4) is 0 Å². The van der Waals surface area contributed by atoms with E-state index in [4.69, 9.17) is 0 Å². The summed E-state index contributed by atoms with van der Waals surface area (Å²) in [6.07, 6.45) is 1.03. The van der Waals surface area contributed by atoms with Crippen molar-refractivity contribution in [2.75, 3.05) is 11.0 Å². The molecule has 0 amide bonds. The van der Waals surface area contributed by atoms with Crippen molar-refractivity contribution in [1.82, 2.24) is 0 Å². The summed E-state index contributed by atoms with van der Waals surface area (Å²) in [6.45, 7) is 0. The van der Waals surface area contributed by atoms with Crippen LogP contribution in [-0.4, -0.2) is 23.1 Å². The average molecular weight is 437 g/mol. The fraction of sp³-hybridized carbons (Fsp3) is 0.0769. The van der Waals surface area contributed by atoms with Crippen molar-refractivity contribution >= 4 is 48.1 Å². The molecule has 0 aliphatic carbocycles. The third kappa shape index (κ3) is 4.17. The first kappa shape index (κ1) is 16.2. The van der Waals surface area contributed by atoms with E-state index < -0.39 is 19.9 Å². The van der Waals surface area contributed by atoms with Crippen LogP contribution >= 0.6 is 22.6 Å². The van der Waals surface area contributed by atoms with Gasteiger partial charge in [-0.1, -0.05) is 12.1 Å². The van der Waals surface area contributed by atoms with Crippen molar-refractivity contribution in [1.29, 1.82) is 0 Å². The quantitative estimate of drug-likeness (QED) is 0.746. The number of hydrogen-bond acceptors (Lipinski definition) is 4. The molecule has 2 aromatic rings. The van der Waals surface area contributed by atoms with Crippen LogP contribution < -0.4 is 4.72 Å². The average Bonchev–Trinajstić information content (AvgIpc) is 2.37. The van der Waals surface area contributed by atoms with Gasteiger partial charge in [0.25, 0.3) is 10.0 Å². The first-order valence-corrected chi connectivity index (χ1v) is 10.2. The van der Waals surface area contributed by atoms with Gasteiger partial charge in [-0.2, -0.15) is 0 Å². The van der Waals surface area contributed by atoms with Gasteiger partial charge in [0.1, 0.15) is 0 Å². The second kappa shape index (κ2) is 5.93. The van der Waals surface area contributed by atoms with Crippen LogP contribution in [0.25, 0.3) is 0 Å². The largest absolute Gasteiger partial charge is 0.280 e. The van der Waals surface area contributed by atoms with Crippen molar-refractivity contribution < 1.29 is 16.8 Å². The molecular weight excluding hydrogens is 425 g/mol. The van der Waals surface area contributed by atoms with E-state index in [2.05, 4.69) is 27.3 Å². The molecule has 0 fully saturated rings. The maximum Gasteiger partial charge on any atom is 0.261 e. The molecule has 0 bridgehead atoms. The topological polar surface area (TPSA) is 80.3 Å². The van der Waals surface area contributed by atoms with Crippen molar-refractivity contribution in [2.24, 2.45) is 0 Å². The molecule has 8 heteroatoms. The maximum absolute atomic E-state index is 12.3. The molecule has 0 saturated carbocycles. The third-order valence-corrected chi connectivity index (χ3v) is 5.78. The minimum absolute atomic E-state index is 0.0342. The summed E-state index contributed by atoms with van der Waals surface area (Å²) in [7, 11) is -7.29. The van der Waals surface area contributed by atoms with Gasteiger partial charge in [-0.05, 0) is 59.0 Å². The monoisotopic (exact) mass is 437 g/mol. The Balaban J connectivity index is 2.41. The molecule has 0 radical (unpaired) electrons. The van der Waals surface area contributed by atoms with Crippen LogP contribution in [0.3, 0.4) is 0 Å². The van der Waals surface area contributed by atoms with Gasteiger partial charge in [0, 0.05) is 15.5 Å². The molecule has 0 unspecified atom stereocenters. The molecule has 1 N–H and O–H groups in total. The van der Waals surface area contributed by atoms with E-state index in [-0.39, 0.29) is 9.79 Å². The van der Waals surface area contributed by atoms with Crippen LogP contribution in [-0.2, 0) is 19.9 Å². The van der Waals surface area contributed by atoms with E-state index in [0.29, 0.717) is 5.69 Å². The molecule has 0 atom stereocenters. The summed E-state index contributed by atoms with van der Waals surface area (Å²) < 4.78 is 50.9. The summed E-state index contributed by atoms with van der Waals surface area (Å²) in [4.78, 5) is -0.127. The summed E-state index contributed by atoms with van der Waals surface area (Å²) in [5.74, 6) is 0. The maximum atomic E-state index is 12.3. The highest BCUT2D eigenvalue weighted by Gasteiger charge is 2.17. The number of rotatable bonds is 4. The number of hydrogen-bond donors (Lipinski definition) is 1. The Bertz CT molecular complexity index is 877. The molecule has 0 spiro atoms. The van der Waals surface area contributed by atoms with Gasteiger partial charge in [-0.15, -0.1) is 0 Å². The molecule has 5 nitrogen and oxygen atoms in total. The first-order chi connectivity index (χ1) is 9.68. The Labute approximate surface area is 137 Å². The fourth-order valence-electron chi connectivity index (χ4n) is 1.64. The lowest BCUT2D eigenvalue weighted by Crippen LogP contribution is -2.13. The highest BCUT2D eigenvalue weighted by atomic mass is 127. The van der Waals surface area contributed by atoms with Crippen molar-refractivity contribution in [2.45, 2.75) is 9.79 Å². The second-order valence-electron chi connectivity index (χ2n) is 4.36. The van der Waals surface area contributed by atoms with Crippen molar-refractivity contribution in [3.05, 3.63) is 52.1 Å². The van der Waals surface area contributed by atoms with E-state index >= 15 is 0 Å². The number of sulfonamides is 1.